The standard InChI is InChI=1S/C20H27N3O4S/c1-2-27-20(26)23-11-9-15(10-12-23)21-18(24)13-28-17-8-7-14-5-3-4-6-16(14)22-19(17)25/h3-6,15,17H,2,7-13H2,1H3,(H,21,24)(H,22,25)/t17-/m0/s1. The van der Waals surface area contributed by atoms with Crippen LogP contribution in [0.3, 0.4) is 0 Å². The van der Waals surface area contributed by atoms with Gasteiger partial charge in [-0.1, -0.05) is 18.2 Å². The fourth-order valence-electron chi connectivity index (χ4n) is 3.52. The van der Waals surface area contributed by atoms with Crippen molar-refractivity contribution >= 4 is 35.4 Å². The van der Waals surface area contributed by atoms with Crippen LogP contribution in [-0.2, 0) is 20.7 Å². The van der Waals surface area contributed by atoms with Crippen molar-refractivity contribution in [1.29, 1.82) is 0 Å². The third-order valence-electron chi connectivity index (χ3n) is 5.05. The molecule has 0 aliphatic carbocycles. The predicted molar refractivity (Wildman–Crippen MR) is 109 cm³/mol. The van der Waals surface area contributed by atoms with Crippen LogP contribution in [0.25, 0.3) is 0 Å². The molecule has 1 atom stereocenters. The lowest BCUT2D eigenvalue weighted by molar-refractivity contribution is -0.119. The van der Waals surface area contributed by atoms with Crippen molar-refractivity contribution in [3.05, 3.63) is 29.8 Å². The number of para-hydroxylation sites is 1. The smallest absolute Gasteiger partial charge is 0.409 e. The summed E-state index contributed by atoms with van der Waals surface area (Å²) >= 11 is 1.39. The summed E-state index contributed by atoms with van der Waals surface area (Å²) in [5, 5.41) is 5.76. The zero-order valence-corrected chi connectivity index (χ0v) is 16.9. The number of piperidine rings is 1. The van der Waals surface area contributed by atoms with Gasteiger partial charge >= 0.3 is 6.09 Å². The van der Waals surface area contributed by atoms with Crippen molar-refractivity contribution in [3.8, 4) is 0 Å². The third kappa shape index (κ3) is 5.41. The van der Waals surface area contributed by atoms with Crippen molar-refractivity contribution in [3.63, 3.8) is 0 Å². The molecule has 2 N–H and O–H groups in total. The Morgan fingerprint density at radius 3 is 2.75 bits per heavy atom. The molecule has 1 fully saturated rings. The molecule has 2 aliphatic heterocycles. The minimum atomic E-state index is -0.289. The SMILES string of the molecule is CCOC(=O)N1CCC(NC(=O)CS[C@H]2CCc3ccccc3NC2=O)CC1. The van der Waals surface area contributed by atoms with Gasteiger partial charge in [0.1, 0.15) is 0 Å². The van der Waals surface area contributed by atoms with Gasteiger partial charge in [0.15, 0.2) is 0 Å². The summed E-state index contributed by atoms with van der Waals surface area (Å²) in [5.74, 6) is 0.159. The molecule has 8 heteroatoms. The second kappa shape index (κ2) is 9.82. The Bertz CT molecular complexity index is 719. The molecule has 0 bridgehead atoms. The molecule has 28 heavy (non-hydrogen) atoms. The number of thioether (sulfide) groups is 1. The fourth-order valence-corrected chi connectivity index (χ4v) is 4.45. The lowest BCUT2D eigenvalue weighted by atomic mass is 10.1. The zero-order chi connectivity index (χ0) is 19.9. The van der Waals surface area contributed by atoms with E-state index in [9.17, 15) is 14.4 Å². The van der Waals surface area contributed by atoms with E-state index in [1.165, 1.54) is 11.8 Å². The molecule has 1 aromatic carbocycles. The minimum Gasteiger partial charge on any atom is -0.450 e. The van der Waals surface area contributed by atoms with Gasteiger partial charge in [-0.2, -0.15) is 0 Å². The number of carbonyl (C=O) groups excluding carboxylic acids is 3. The van der Waals surface area contributed by atoms with Crippen LogP contribution in [0.4, 0.5) is 10.5 Å². The number of likely N-dealkylation sites (tertiary alicyclic amines) is 1. The average molecular weight is 406 g/mol. The van der Waals surface area contributed by atoms with Gasteiger partial charge in [0.25, 0.3) is 0 Å². The molecule has 2 aliphatic rings. The van der Waals surface area contributed by atoms with Crippen LogP contribution >= 0.6 is 11.8 Å². The largest absolute Gasteiger partial charge is 0.450 e. The summed E-state index contributed by atoms with van der Waals surface area (Å²) in [6.07, 6.45) is 2.69. The van der Waals surface area contributed by atoms with Gasteiger partial charge in [-0.05, 0) is 44.2 Å². The van der Waals surface area contributed by atoms with Gasteiger partial charge in [0.05, 0.1) is 17.6 Å². The fraction of sp³-hybridized carbons (Fsp3) is 0.550. The van der Waals surface area contributed by atoms with E-state index in [1.807, 2.05) is 24.3 Å². The first kappa shape index (κ1) is 20.5. The van der Waals surface area contributed by atoms with Gasteiger partial charge < -0.3 is 20.3 Å². The van der Waals surface area contributed by atoms with Crippen molar-refractivity contribution in [2.24, 2.45) is 0 Å². The summed E-state index contributed by atoms with van der Waals surface area (Å²) in [6.45, 7) is 3.32. The van der Waals surface area contributed by atoms with E-state index in [4.69, 9.17) is 4.74 Å². The van der Waals surface area contributed by atoms with Crippen LogP contribution in [0, 0.1) is 0 Å². The second-order valence-electron chi connectivity index (χ2n) is 7.01. The highest BCUT2D eigenvalue weighted by molar-refractivity contribution is 8.01. The number of nitrogens with zero attached hydrogens (tertiary/aromatic N) is 1. The van der Waals surface area contributed by atoms with E-state index >= 15 is 0 Å². The first-order valence-electron chi connectivity index (χ1n) is 9.78. The molecular formula is C20H27N3O4S. The van der Waals surface area contributed by atoms with Crippen molar-refractivity contribution < 1.29 is 19.1 Å². The van der Waals surface area contributed by atoms with E-state index in [0.717, 1.165) is 24.1 Å². The lowest BCUT2D eigenvalue weighted by Gasteiger charge is -2.31. The second-order valence-corrected chi connectivity index (χ2v) is 8.20. The van der Waals surface area contributed by atoms with Crippen molar-refractivity contribution in [2.75, 3.05) is 30.8 Å². The maximum Gasteiger partial charge on any atom is 0.409 e. The van der Waals surface area contributed by atoms with Crippen LogP contribution < -0.4 is 10.6 Å². The number of carbonyl (C=O) groups is 3. The number of hydrogen-bond acceptors (Lipinski definition) is 5. The first-order valence-corrected chi connectivity index (χ1v) is 10.8. The van der Waals surface area contributed by atoms with Crippen LogP contribution in [0.15, 0.2) is 24.3 Å². The number of ether oxygens (including phenoxy) is 1. The molecule has 7 nitrogen and oxygen atoms in total. The molecule has 2 heterocycles. The Hall–Kier alpha value is -2.22. The molecule has 3 amide bonds. The number of anilines is 1. The summed E-state index contributed by atoms with van der Waals surface area (Å²) in [5.41, 5.74) is 2.00. The van der Waals surface area contributed by atoms with E-state index in [1.54, 1.807) is 11.8 Å². The molecule has 0 aromatic heterocycles. The molecule has 0 radical (unpaired) electrons. The molecule has 0 saturated carbocycles. The Balaban J connectivity index is 1.40. The highest BCUT2D eigenvalue weighted by Gasteiger charge is 2.27. The first-order chi connectivity index (χ1) is 13.6. The van der Waals surface area contributed by atoms with Crippen LogP contribution in [0.2, 0.25) is 0 Å². The Morgan fingerprint density at radius 2 is 2.00 bits per heavy atom. The summed E-state index contributed by atoms with van der Waals surface area (Å²) in [6, 6.07) is 7.88. The predicted octanol–water partition coefficient (Wildman–Crippen LogP) is 2.41. The topological polar surface area (TPSA) is 87.7 Å². The molecule has 3 rings (SSSR count). The lowest BCUT2D eigenvalue weighted by Crippen LogP contribution is -2.47. The van der Waals surface area contributed by atoms with Gasteiger partial charge in [-0.25, -0.2) is 4.79 Å². The van der Waals surface area contributed by atoms with Gasteiger partial charge in [-0.15, -0.1) is 11.8 Å². The van der Waals surface area contributed by atoms with Crippen molar-refractivity contribution in [1.82, 2.24) is 10.2 Å². The van der Waals surface area contributed by atoms with Gasteiger partial charge in [0.2, 0.25) is 11.8 Å². The van der Waals surface area contributed by atoms with Crippen molar-refractivity contribution in [2.45, 2.75) is 43.9 Å². The van der Waals surface area contributed by atoms with Gasteiger partial charge in [0, 0.05) is 24.8 Å². The molecule has 0 spiro atoms. The summed E-state index contributed by atoms with van der Waals surface area (Å²) in [4.78, 5) is 38.1. The highest BCUT2D eigenvalue weighted by Crippen LogP contribution is 2.27. The maximum atomic E-state index is 12.4. The van der Waals surface area contributed by atoms with Crippen LogP contribution in [0.1, 0.15) is 31.7 Å². The van der Waals surface area contributed by atoms with E-state index in [-0.39, 0.29) is 35.0 Å². The Labute approximate surface area is 169 Å². The number of fused-ring (bicyclic) bond motifs is 1. The number of rotatable bonds is 5. The van der Waals surface area contributed by atoms with E-state index in [2.05, 4.69) is 10.6 Å². The van der Waals surface area contributed by atoms with E-state index in [0.29, 0.717) is 32.5 Å². The minimum absolute atomic E-state index is 0.0366. The number of benzene rings is 1. The maximum absolute atomic E-state index is 12.4. The average Bonchev–Trinajstić information content (AvgIpc) is 2.85. The number of hydrogen-bond donors (Lipinski definition) is 2. The molecule has 1 saturated heterocycles. The number of aryl methyl sites for hydroxylation is 1. The Kier molecular flexibility index (Phi) is 7.19. The molecule has 152 valence electrons. The summed E-state index contributed by atoms with van der Waals surface area (Å²) in [7, 11) is 0. The van der Waals surface area contributed by atoms with Crippen LogP contribution in [0.5, 0.6) is 0 Å². The normalized spacial score (nSPS) is 20.0. The molecule has 0 unspecified atom stereocenters. The quantitative estimate of drug-likeness (QED) is 0.786. The Morgan fingerprint density at radius 1 is 1.25 bits per heavy atom. The van der Waals surface area contributed by atoms with Gasteiger partial charge in [-0.3, -0.25) is 9.59 Å². The summed E-state index contributed by atoms with van der Waals surface area (Å²) < 4.78 is 5.01. The zero-order valence-electron chi connectivity index (χ0n) is 16.1. The monoisotopic (exact) mass is 405 g/mol. The molecule has 1 aromatic rings. The third-order valence-corrected chi connectivity index (χ3v) is 6.33. The highest BCUT2D eigenvalue weighted by atomic mass is 32.2. The molecular weight excluding hydrogens is 378 g/mol. The number of amides is 3. The van der Waals surface area contributed by atoms with Crippen LogP contribution in [-0.4, -0.2) is 59.5 Å². The van der Waals surface area contributed by atoms with E-state index < -0.39 is 0 Å². The number of nitrogens with one attached hydrogen (secondary N) is 2.